The Balaban J connectivity index is 0.000000328. The normalized spacial score (nSPS) is 10.4. The molecule has 0 aliphatic heterocycles. The second kappa shape index (κ2) is 26.3. The third kappa shape index (κ3) is 19.4. The Bertz CT molecular complexity index is 1960. The average molecular weight is 873 g/mol. The maximum absolute atomic E-state index is 11.6. The van der Waals surface area contributed by atoms with E-state index < -0.39 is 29.9 Å². The van der Waals surface area contributed by atoms with Crippen LogP contribution in [0.5, 0.6) is 0 Å². The van der Waals surface area contributed by atoms with Crippen LogP contribution in [-0.2, 0) is 68.4 Å². The van der Waals surface area contributed by atoms with Crippen molar-refractivity contribution < 1.29 is 57.2 Å². The van der Waals surface area contributed by atoms with Crippen LogP contribution in [0.2, 0.25) is 0 Å². The first-order valence-electron chi connectivity index (χ1n) is 19.8. The molecule has 4 amide bonds. The average Bonchev–Trinajstić information content (AvgIpc) is 3.28. The lowest BCUT2D eigenvalue weighted by molar-refractivity contribution is -0.142. The molecule has 4 N–H and O–H groups in total. The minimum Gasteiger partial charge on any atom is -0.469 e. The molecule has 340 valence electrons. The molecule has 0 aromatic heterocycles. The summed E-state index contributed by atoms with van der Waals surface area (Å²) in [6.45, 7) is 8.18. The summed E-state index contributed by atoms with van der Waals surface area (Å²) in [7, 11) is 8.06. The lowest BCUT2D eigenvalue weighted by Crippen LogP contribution is -2.41. The Morgan fingerprint density at radius 3 is 1.46 bits per heavy atom. The topological polar surface area (TPSA) is 206 Å². The van der Waals surface area contributed by atoms with Gasteiger partial charge in [0.05, 0.1) is 54.6 Å². The van der Waals surface area contributed by atoms with Crippen LogP contribution in [0.15, 0.2) is 97.1 Å². The lowest BCUT2D eigenvalue weighted by Gasteiger charge is -2.29. The van der Waals surface area contributed by atoms with Gasteiger partial charge in [-0.25, -0.2) is 19.2 Å². The first-order chi connectivity index (χ1) is 29.9. The van der Waals surface area contributed by atoms with Gasteiger partial charge >= 0.3 is 36.3 Å². The quantitative estimate of drug-likeness (QED) is 0.0696. The van der Waals surface area contributed by atoms with E-state index in [2.05, 4.69) is 45.0 Å². The predicted octanol–water partition coefficient (Wildman–Crippen LogP) is 8.40. The Morgan fingerprint density at radius 1 is 0.492 bits per heavy atom. The van der Waals surface area contributed by atoms with E-state index in [1.165, 1.54) is 42.7 Å². The summed E-state index contributed by atoms with van der Waals surface area (Å²) >= 11 is 0. The summed E-state index contributed by atoms with van der Waals surface area (Å²) in [5.74, 6) is -0.476. The second-order valence-electron chi connectivity index (χ2n) is 15.0. The molecule has 16 nitrogen and oxygen atoms in total. The summed E-state index contributed by atoms with van der Waals surface area (Å²) in [5.41, 5.74) is 6.57. The number of carbonyl (C=O) groups excluding carboxylic acids is 6. The van der Waals surface area contributed by atoms with E-state index in [-0.39, 0.29) is 23.8 Å². The number of anilines is 2. The number of amides is 4. The number of aryl methyl sites for hydroxylation is 1. The van der Waals surface area contributed by atoms with E-state index in [0.717, 1.165) is 39.8 Å². The number of benzene rings is 4. The van der Waals surface area contributed by atoms with Gasteiger partial charge in [-0.1, -0.05) is 86.6 Å². The van der Waals surface area contributed by atoms with Crippen LogP contribution in [0.4, 0.5) is 30.6 Å². The van der Waals surface area contributed by atoms with Crippen LogP contribution in [0.3, 0.4) is 0 Å². The van der Waals surface area contributed by atoms with Crippen molar-refractivity contribution in [3.8, 4) is 0 Å². The molecule has 4 aromatic carbocycles. The van der Waals surface area contributed by atoms with Gasteiger partial charge in [0.15, 0.2) is 0 Å². The smallest absolute Gasteiger partial charge is 0.411 e. The lowest BCUT2D eigenvalue weighted by atomic mass is 9.79. The molecule has 0 atom stereocenters. The number of nitrogens with one attached hydrogen (secondary N) is 4. The Hall–Kier alpha value is -7.10. The summed E-state index contributed by atoms with van der Waals surface area (Å²) in [6, 6.07) is 30.5. The van der Waals surface area contributed by atoms with Gasteiger partial charge < -0.3 is 39.1 Å². The third-order valence-corrected chi connectivity index (χ3v) is 9.42. The van der Waals surface area contributed by atoms with Crippen LogP contribution >= 0.6 is 0 Å². The van der Waals surface area contributed by atoms with E-state index in [1.807, 2.05) is 125 Å². The van der Waals surface area contributed by atoms with E-state index in [1.54, 1.807) is 0 Å². The SMILES string of the molecule is COC(=O)CC(C)(C)c1cccc(C(C)(C)NC(=O)OC)c1.COC(=O)CCc1cccc(CNC(=O)OC)c1.COC(=O)Nc1ccc(Cc2ccc(NC(=O)OC)cc2)cc1. The van der Waals surface area contributed by atoms with Gasteiger partial charge in [-0.15, -0.1) is 0 Å². The molecule has 4 aromatic rings. The van der Waals surface area contributed by atoms with E-state index in [4.69, 9.17) is 4.74 Å². The number of ether oxygens (including phenoxy) is 6. The van der Waals surface area contributed by atoms with Gasteiger partial charge in [-0.2, -0.15) is 0 Å². The Kier molecular flexibility index (Phi) is 21.7. The molecule has 0 unspecified atom stereocenters. The van der Waals surface area contributed by atoms with Gasteiger partial charge in [-0.05, 0) is 84.3 Å². The predicted molar refractivity (Wildman–Crippen MR) is 238 cm³/mol. The van der Waals surface area contributed by atoms with Crippen molar-refractivity contribution in [3.05, 3.63) is 130 Å². The van der Waals surface area contributed by atoms with E-state index in [0.29, 0.717) is 30.8 Å². The Labute approximate surface area is 369 Å². The number of hydrogen-bond acceptors (Lipinski definition) is 12. The number of alkyl carbamates (subject to hydrolysis) is 2. The monoisotopic (exact) mass is 872 g/mol. The zero-order valence-corrected chi connectivity index (χ0v) is 37.7. The molecular formula is C47H60N4O12. The van der Waals surface area contributed by atoms with Crippen LogP contribution in [0, 0.1) is 0 Å². The highest BCUT2D eigenvalue weighted by Gasteiger charge is 2.28. The molecule has 0 bridgehead atoms. The van der Waals surface area contributed by atoms with Crippen molar-refractivity contribution in [3.63, 3.8) is 0 Å². The first-order valence-corrected chi connectivity index (χ1v) is 19.8. The van der Waals surface area contributed by atoms with Crippen molar-refractivity contribution in [2.45, 2.75) is 70.9 Å². The minimum atomic E-state index is -0.579. The van der Waals surface area contributed by atoms with Gasteiger partial charge in [-0.3, -0.25) is 20.2 Å². The zero-order chi connectivity index (χ0) is 47.0. The molecule has 0 saturated carbocycles. The fourth-order valence-electron chi connectivity index (χ4n) is 5.72. The molecule has 0 fully saturated rings. The molecule has 0 aliphatic carbocycles. The minimum absolute atomic E-state index is 0.229. The van der Waals surface area contributed by atoms with Crippen LogP contribution < -0.4 is 21.3 Å². The van der Waals surface area contributed by atoms with Crippen LogP contribution in [-0.4, -0.2) is 79.0 Å². The van der Waals surface area contributed by atoms with Crippen molar-refractivity contribution in [2.75, 3.05) is 53.3 Å². The van der Waals surface area contributed by atoms with Crippen LogP contribution in [0.25, 0.3) is 0 Å². The summed E-state index contributed by atoms with van der Waals surface area (Å²) in [6.07, 6.45) is 0.0786. The van der Waals surface area contributed by atoms with Crippen molar-refractivity contribution in [1.82, 2.24) is 10.6 Å². The molecule has 4 rings (SSSR count). The van der Waals surface area contributed by atoms with Crippen LogP contribution in [0.1, 0.15) is 73.9 Å². The molecule has 0 radical (unpaired) electrons. The zero-order valence-electron chi connectivity index (χ0n) is 37.7. The van der Waals surface area contributed by atoms with Gasteiger partial charge in [0.2, 0.25) is 0 Å². The van der Waals surface area contributed by atoms with Crippen molar-refractivity contribution in [2.24, 2.45) is 0 Å². The number of esters is 2. The molecule has 63 heavy (non-hydrogen) atoms. The first kappa shape index (κ1) is 52.0. The highest BCUT2D eigenvalue weighted by molar-refractivity contribution is 5.85. The summed E-state index contributed by atoms with van der Waals surface area (Å²) in [5, 5.41) is 10.6. The van der Waals surface area contributed by atoms with Gasteiger partial charge in [0.1, 0.15) is 0 Å². The second-order valence-corrected chi connectivity index (χ2v) is 15.0. The number of methoxy groups -OCH3 is 6. The highest BCUT2D eigenvalue weighted by Crippen LogP contribution is 2.31. The number of rotatable bonds is 14. The molecule has 0 spiro atoms. The van der Waals surface area contributed by atoms with Crippen molar-refractivity contribution in [1.29, 1.82) is 0 Å². The van der Waals surface area contributed by atoms with E-state index in [9.17, 15) is 28.8 Å². The molecule has 0 heterocycles. The number of hydrogen-bond donors (Lipinski definition) is 4. The highest BCUT2D eigenvalue weighted by atomic mass is 16.6. The Morgan fingerprint density at radius 2 is 0.968 bits per heavy atom. The fraction of sp³-hybridized carbons (Fsp3) is 0.362. The van der Waals surface area contributed by atoms with Gasteiger partial charge in [0, 0.05) is 29.8 Å². The fourth-order valence-corrected chi connectivity index (χ4v) is 5.72. The maximum atomic E-state index is 11.6. The third-order valence-electron chi connectivity index (χ3n) is 9.42. The summed E-state index contributed by atoms with van der Waals surface area (Å²) in [4.78, 5) is 67.2. The molecule has 0 aliphatic rings. The molecule has 0 saturated heterocycles. The molecule has 16 heteroatoms. The van der Waals surface area contributed by atoms with Crippen molar-refractivity contribution >= 4 is 47.7 Å². The summed E-state index contributed by atoms with van der Waals surface area (Å²) < 4.78 is 27.6. The van der Waals surface area contributed by atoms with Gasteiger partial charge in [0.25, 0.3) is 0 Å². The van der Waals surface area contributed by atoms with E-state index >= 15 is 0 Å². The number of carbonyl (C=O) groups is 6. The standard InChI is InChI=1S/C17H18N2O4.C17H25NO4.C13H17NO4/c1-22-16(20)18-14-7-3-12(4-8-14)11-13-5-9-15(10-6-13)19-17(21)23-2;1-16(2,11-14(19)21-5)12-8-7-9-13(10-12)17(3,4)18-15(20)22-6;1-17-12(15)7-6-10-4-3-5-11(8-10)9-14-13(16)18-2/h3-10H,11H2,1-2H3,(H,18,20)(H,19,21);7-10H,11H2,1-6H3,(H,18,20);3-5,8H,6-7,9H2,1-2H3,(H,14,16). The largest absolute Gasteiger partial charge is 0.469 e. The molecular weight excluding hydrogens is 813 g/mol. The maximum Gasteiger partial charge on any atom is 0.411 e.